The van der Waals surface area contributed by atoms with Crippen molar-refractivity contribution in [1.29, 1.82) is 0 Å². The lowest BCUT2D eigenvalue weighted by atomic mass is 10.2. The number of carbonyl (C=O) groups excluding carboxylic acids is 2. The molecular weight excluding hydrogens is 248 g/mol. The molecule has 3 rings (SSSR count). The highest BCUT2D eigenvalue weighted by molar-refractivity contribution is 5.74. The molecule has 106 valence electrons. The number of amides is 2. The molecule has 0 radical (unpaired) electrons. The Bertz CT molecular complexity index is 413. The van der Waals surface area contributed by atoms with E-state index in [4.69, 9.17) is 9.47 Å². The van der Waals surface area contributed by atoms with Crippen LogP contribution in [0.4, 0.5) is 9.59 Å². The highest BCUT2D eigenvalue weighted by Gasteiger charge is 2.53. The van der Waals surface area contributed by atoms with Crippen molar-refractivity contribution in [3.05, 3.63) is 0 Å². The summed E-state index contributed by atoms with van der Waals surface area (Å²) in [5.74, 6) is 0. The van der Waals surface area contributed by atoms with Crippen LogP contribution in [0.5, 0.6) is 0 Å². The molecule has 19 heavy (non-hydrogen) atoms. The van der Waals surface area contributed by atoms with Gasteiger partial charge in [0.25, 0.3) is 0 Å². The van der Waals surface area contributed by atoms with Gasteiger partial charge >= 0.3 is 12.2 Å². The van der Waals surface area contributed by atoms with Gasteiger partial charge in [-0.2, -0.15) is 0 Å². The Kier molecular flexibility index (Phi) is 2.66. The minimum Gasteiger partial charge on any atom is -0.444 e. The SMILES string of the molecule is CC(C)(C)OC(=O)N1CC2OC(=O)N(C3CC3)C2C1. The number of hydrogen-bond donors (Lipinski definition) is 0. The molecule has 0 N–H and O–H groups in total. The van der Waals surface area contributed by atoms with Crippen molar-refractivity contribution < 1.29 is 19.1 Å². The average Bonchev–Trinajstić information content (AvgIpc) is 2.91. The number of fused-ring (bicyclic) bond motifs is 1. The highest BCUT2D eigenvalue weighted by Crippen LogP contribution is 2.37. The van der Waals surface area contributed by atoms with E-state index in [1.165, 1.54) is 0 Å². The summed E-state index contributed by atoms with van der Waals surface area (Å²) in [4.78, 5) is 27.2. The lowest BCUT2D eigenvalue weighted by molar-refractivity contribution is 0.0245. The van der Waals surface area contributed by atoms with Gasteiger partial charge in [0.1, 0.15) is 11.7 Å². The lowest BCUT2D eigenvalue weighted by Crippen LogP contribution is -2.41. The van der Waals surface area contributed by atoms with E-state index >= 15 is 0 Å². The van der Waals surface area contributed by atoms with Crippen LogP contribution < -0.4 is 0 Å². The molecule has 6 nitrogen and oxygen atoms in total. The summed E-state index contributed by atoms with van der Waals surface area (Å²) in [6.07, 6.45) is 1.35. The first kappa shape index (κ1) is 12.6. The summed E-state index contributed by atoms with van der Waals surface area (Å²) >= 11 is 0. The second kappa shape index (κ2) is 4.02. The highest BCUT2D eigenvalue weighted by atomic mass is 16.6. The quantitative estimate of drug-likeness (QED) is 0.724. The topological polar surface area (TPSA) is 59.1 Å². The Balaban J connectivity index is 1.64. The van der Waals surface area contributed by atoms with Gasteiger partial charge in [0.2, 0.25) is 0 Å². The third-order valence-electron chi connectivity index (χ3n) is 3.65. The molecule has 6 heteroatoms. The summed E-state index contributed by atoms with van der Waals surface area (Å²) in [5, 5.41) is 0. The predicted octanol–water partition coefficient (Wildman–Crippen LogP) is 1.59. The molecular formula is C13H20N2O4. The fourth-order valence-electron chi connectivity index (χ4n) is 2.71. The van der Waals surface area contributed by atoms with E-state index in [-0.39, 0.29) is 24.3 Å². The maximum Gasteiger partial charge on any atom is 0.410 e. The van der Waals surface area contributed by atoms with Gasteiger partial charge in [-0.1, -0.05) is 0 Å². The second-order valence-electron chi connectivity index (χ2n) is 6.51. The third kappa shape index (κ3) is 2.35. The van der Waals surface area contributed by atoms with Crippen LogP contribution in [0.2, 0.25) is 0 Å². The van der Waals surface area contributed by atoms with E-state index in [9.17, 15) is 9.59 Å². The Morgan fingerprint density at radius 2 is 2.00 bits per heavy atom. The standard InChI is InChI=1S/C13H20N2O4/c1-13(2,3)19-11(16)14-6-9-10(7-14)18-12(17)15(9)8-4-5-8/h8-10H,4-7H2,1-3H3. The van der Waals surface area contributed by atoms with Crippen molar-refractivity contribution in [2.75, 3.05) is 13.1 Å². The molecule has 0 aromatic rings. The first-order chi connectivity index (χ1) is 8.85. The number of hydrogen-bond acceptors (Lipinski definition) is 4. The van der Waals surface area contributed by atoms with Gasteiger partial charge in [-0.05, 0) is 33.6 Å². The van der Waals surface area contributed by atoms with Crippen molar-refractivity contribution in [1.82, 2.24) is 9.80 Å². The van der Waals surface area contributed by atoms with Gasteiger partial charge in [-0.15, -0.1) is 0 Å². The predicted molar refractivity (Wildman–Crippen MR) is 66.7 cm³/mol. The Morgan fingerprint density at radius 3 is 2.58 bits per heavy atom. The van der Waals surface area contributed by atoms with Crippen LogP contribution >= 0.6 is 0 Å². The van der Waals surface area contributed by atoms with Crippen LogP contribution in [0.1, 0.15) is 33.6 Å². The van der Waals surface area contributed by atoms with Crippen LogP contribution in [0.25, 0.3) is 0 Å². The number of rotatable bonds is 1. The molecule has 0 bridgehead atoms. The van der Waals surface area contributed by atoms with E-state index < -0.39 is 5.60 Å². The fraction of sp³-hybridized carbons (Fsp3) is 0.846. The van der Waals surface area contributed by atoms with Crippen molar-refractivity contribution in [3.8, 4) is 0 Å². The molecule has 3 aliphatic rings. The summed E-state index contributed by atoms with van der Waals surface area (Å²) in [7, 11) is 0. The molecule has 2 amide bonds. The number of ether oxygens (including phenoxy) is 2. The molecule has 2 saturated heterocycles. The maximum absolute atomic E-state index is 12.0. The fourth-order valence-corrected chi connectivity index (χ4v) is 2.71. The van der Waals surface area contributed by atoms with E-state index in [1.54, 1.807) is 4.90 Å². The van der Waals surface area contributed by atoms with Crippen molar-refractivity contribution >= 4 is 12.2 Å². The van der Waals surface area contributed by atoms with Gasteiger partial charge in [0.05, 0.1) is 12.6 Å². The van der Waals surface area contributed by atoms with Crippen molar-refractivity contribution in [2.24, 2.45) is 0 Å². The van der Waals surface area contributed by atoms with Gasteiger partial charge in [0, 0.05) is 12.6 Å². The number of carbonyl (C=O) groups is 2. The van der Waals surface area contributed by atoms with Gasteiger partial charge < -0.3 is 14.4 Å². The van der Waals surface area contributed by atoms with Crippen LogP contribution in [-0.4, -0.2) is 58.9 Å². The first-order valence-electron chi connectivity index (χ1n) is 6.82. The van der Waals surface area contributed by atoms with Crippen LogP contribution in [-0.2, 0) is 9.47 Å². The monoisotopic (exact) mass is 268 g/mol. The molecule has 1 saturated carbocycles. The Morgan fingerprint density at radius 1 is 1.32 bits per heavy atom. The normalized spacial score (nSPS) is 30.4. The molecule has 2 unspecified atom stereocenters. The summed E-state index contributed by atoms with van der Waals surface area (Å²) in [5.41, 5.74) is -0.498. The molecule has 3 fully saturated rings. The van der Waals surface area contributed by atoms with Gasteiger partial charge in [-0.3, -0.25) is 4.90 Å². The zero-order valence-electron chi connectivity index (χ0n) is 11.6. The molecule has 0 aromatic heterocycles. The van der Waals surface area contributed by atoms with E-state index in [0.717, 1.165) is 12.8 Å². The molecule has 2 heterocycles. The summed E-state index contributed by atoms with van der Waals surface area (Å²) < 4.78 is 10.7. The van der Waals surface area contributed by atoms with E-state index in [1.807, 2.05) is 25.7 Å². The minimum absolute atomic E-state index is 0.00696. The summed E-state index contributed by atoms with van der Waals surface area (Å²) in [6, 6.07) is 0.327. The molecule has 0 spiro atoms. The maximum atomic E-state index is 12.0. The molecule has 1 aliphatic carbocycles. The lowest BCUT2D eigenvalue weighted by Gasteiger charge is -2.26. The smallest absolute Gasteiger partial charge is 0.410 e. The molecule has 2 aliphatic heterocycles. The van der Waals surface area contributed by atoms with E-state index in [2.05, 4.69) is 0 Å². The largest absolute Gasteiger partial charge is 0.444 e. The Hall–Kier alpha value is -1.46. The average molecular weight is 268 g/mol. The second-order valence-corrected chi connectivity index (χ2v) is 6.51. The van der Waals surface area contributed by atoms with Gasteiger partial charge in [-0.25, -0.2) is 9.59 Å². The number of nitrogens with zero attached hydrogens (tertiary/aromatic N) is 2. The van der Waals surface area contributed by atoms with Crippen LogP contribution in [0, 0.1) is 0 Å². The third-order valence-corrected chi connectivity index (χ3v) is 3.65. The van der Waals surface area contributed by atoms with Crippen LogP contribution in [0.3, 0.4) is 0 Å². The van der Waals surface area contributed by atoms with Gasteiger partial charge in [0.15, 0.2) is 0 Å². The summed E-state index contributed by atoms with van der Waals surface area (Å²) in [6.45, 7) is 6.49. The van der Waals surface area contributed by atoms with Crippen molar-refractivity contribution in [2.45, 2.75) is 57.4 Å². The molecule has 0 aromatic carbocycles. The van der Waals surface area contributed by atoms with Crippen LogP contribution in [0.15, 0.2) is 0 Å². The number of likely N-dealkylation sites (tertiary alicyclic amines) is 1. The zero-order valence-corrected chi connectivity index (χ0v) is 11.6. The first-order valence-corrected chi connectivity index (χ1v) is 6.82. The zero-order chi connectivity index (χ0) is 13.8. The van der Waals surface area contributed by atoms with Crippen molar-refractivity contribution in [3.63, 3.8) is 0 Å². The Labute approximate surface area is 112 Å². The molecule has 2 atom stereocenters. The minimum atomic E-state index is -0.498. The van der Waals surface area contributed by atoms with E-state index in [0.29, 0.717) is 19.1 Å².